The first-order chi connectivity index (χ1) is 14.3. The summed E-state index contributed by atoms with van der Waals surface area (Å²) in [6, 6.07) is 11.4. The summed E-state index contributed by atoms with van der Waals surface area (Å²) in [6.07, 6.45) is -3.88. The van der Waals surface area contributed by atoms with Crippen LogP contribution in [0.5, 0.6) is 0 Å². The molecule has 1 fully saturated rings. The number of anilines is 1. The van der Waals surface area contributed by atoms with Crippen LogP contribution in [0.4, 0.5) is 23.7 Å². The van der Waals surface area contributed by atoms with Gasteiger partial charge in [-0.3, -0.25) is 10.2 Å². The zero-order valence-electron chi connectivity index (χ0n) is 15.9. The molecular formula is C20H21F3N4O2S. The Morgan fingerprint density at radius 2 is 1.83 bits per heavy atom. The van der Waals surface area contributed by atoms with Crippen LogP contribution >= 0.6 is 11.8 Å². The smallest absolute Gasteiger partial charge is 0.323 e. The number of carbonyl (C=O) groups is 2. The average molecular weight is 438 g/mol. The second-order valence-electron chi connectivity index (χ2n) is 6.79. The van der Waals surface area contributed by atoms with Crippen LogP contribution in [0.25, 0.3) is 0 Å². The molecule has 3 rings (SSSR count). The zero-order chi connectivity index (χ0) is 21.7. The zero-order valence-corrected chi connectivity index (χ0v) is 16.7. The lowest BCUT2D eigenvalue weighted by Gasteiger charge is -2.32. The first kappa shape index (κ1) is 22.0. The van der Waals surface area contributed by atoms with Crippen molar-refractivity contribution in [1.29, 1.82) is 0 Å². The van der Waals surface area contributed by atoms with Gasteiger partial charge in [-0.15, -0.1) is 0 Å². The Bertz CT molecular complexity index is 906. The minimum absolute atomic E-state index is 0.0940. The van der Waals surface area contributed by atoms with Gasteiger partial charge >= 0.3 is 12.2 Å². The van der Waals surface area contributed by atoms with Gasteiger partial charge in [0.05, 0.1) is 11.3 Å². The van der Waals surface area contributed by atoms with Crippen molar-refractivity contribution >= 4 is 29.4 Å². The predicted molar refractivity (Wildman–Crippen MR) is 110 cm³/mol. The highest BCUT2D eigenvalue weighted by atomic mass is 32.2. The van der Waals surface area contributed by atoms with Crippen molar-refractivity contribution in [2.75, 3.05) is 24.2 Å². The quantitative estimate of drug-likeness (QED) is 0.387. The van der Waals surface area contributed by atoms with E-state index < -0.39 is 17.8 Å². The lowest BCUT2D eigenvalue weighted by molar-refractivity contribution is -0.136. The van der Waals surface area contributed by atoms with Crippen LogP contribution in [-0.2, 0) is 12.6 Å². The third kappa shape index (κ3) is 5.45. The lowest BCUT2D eigenvalue weighted by Crippen LogP contribution is -2.44. The molecule has 1 saturated heterocycles. The van der Waals surface area contributed by atoms with E-state index in [9.17, 15) is 22.8 Å². The summed E-state index contributed by atoms with van der Waals surface area (Å²) in [6.45, 7) is 0.868. The summed E-state index contributed by atoms with van der Waals surface area (Å²) in [5.41, 5.74) is 2.38. The number of nitrogen functional groups attached to an aromatic ring is 1. The molecule has 4 N–H and O–H groups in total. The largest absolute Gasteiger partial charge is 0.418 e. The van der Waals surface area contributed by atoms with Crippen molar-refractivity contribution in [3.63, 3.8) is 0 Å². The maximum atomic E-state index is 13.1. The lowest BCUT2D eigenvalue weighted by atomic mass is 10.1. The number of rotatable bonds is 4. The number of benzene rings is 2. The molecule has 3 amide bonds. The third-order valence-electron chi connectivity index (χ3n) is 4.71. The standard InChI is InChI=1S/C20H21F3N4O2S/c21-20(22,23)16-3-1-2-4-17(16)25-19(29)27-9-10-30-15(12-27)11-13-5-7-14(8-6-13)18(28)26-24/h1-8,15H,9-12,24H2,(H,25,29)(H,26,28). The Kier molecular flexibility index (Phi) is 6.88. The number of alkyl halides is 3. The maximum Gasteiger partial charge on any atom is 0.418 e. The summed E-state index contributed by atoms with van der Waals surface area (Å²) in [4.78, 5) is 25.6. The number of urea groups is 1. The number of hydrogen-bond acceptors (Lipinski definition) is 4. The molecule has 1 heterocycles. The Hall–Kier alpha value is -2.72. The molecule has 1 aliphatic heterocycles. The summed E-state index contributed by atoms with van der Waals surface area (Å²) in [5.74, 6) is 5.42. The summed E-state index contributed by atoms with van der Waals surface area (Å²) in [7, 11) is 0. The third-order valence-corrected chi connectivity index (χ3v) is 5.92. The monoisotopic (exact) mass is 438 g/mol. The molecule has 1 unspecified atom stereocenters. The van der Waals surface area contributed by atoms with Gasteiger partial charge < -0.3 is 10.2 Å². The molecule has 0 spiro atoms. The van der Waals surface area contributed by atoms with Gasteiger partial charge in [0.1, 0.15) is 0 Å². The molecule has 2 aromatic carbocycles. The van der Waals surface area contributed by atoms with E-state index in [1.807, 2.05) is 12.1 Å². The minimum atomic E-state index is -4.54. The van der Waals surface area contributed by atoms with Crippen LogP contribution in [0.15, 0.2) is 48.5 Å². The van der Waals surface area contributed by atoms with Crippen molar-refractivity contribution < 1.29 is 22.8 Å². The molecule has 1 atom stereocenters. The van der Waals surface area contributed by atoms with E-state index in [0.717, 1.165) is 11.6 Å². The molecular weight excluding hydrogens is 417 g/mol. The number of nitrogens with zero attached hydrogens (tertiary/aromatic N) is 1. The number of hydrazine groups is 1. The fraction of sp³-hybridized carbons (Fsp3) is 0.300. The Labute approximate surface area is 176 Å². The Morgan fingerprint density at radius 3 is 2.50 bits per heavy atom. The molecule has 1 aliphatic rings. The van der Waals surface area contributed by atoms with Crippen LogP contribution in [0.1, 0.15) is 21.5 Å². The molecule has 0 radical (unpaired) electrons. The molecule has 0 saturated carbocycles. The van der Waals surface area contributed by atoms with Gasteiger partial charge in [-0.2, -0.15) is 24.9 Å². The number of para-hydroxylation sites is 1. The van der Waals surface area contributed by atoms with E-state index in [2.05, 4.69) is 10.7 Å². The van der Waals surface area contributed by atoms with Crippen LogP contribution in [0.2, 0.25) is 0 Å². The number of nitrogens with one attached hydrogen (secondary N) is 2. The number of hydrogen-bond donors (Lipinski definition) is 3. The minimum Gasteiger partial charge on any atom is -0.323 e. The Morgan fingerprint density at radius 1 is 1.13 bits per heavy atom. The highest BCUT2D eigenvalue weighted by Gasteiger charge is 2.34. The molecule has 0 aliphatic carbocycles. The predicted octanol–water partition coefficient (Wildman–Crippen LogP) is 3.50. The topological polar surface area (TPSA) is 87.5 Å². The molecule has 160 valence electrons. The van der Waals surface area contributed by atoms with Crippen molar-refractivity contribution in [3.8, 4) is 0 Å². The van der Waals surface area contributed by atoms with Crippen molar-refractivity contribution in [3.05, 3.63) is 65.2 Å². The number of amides is 3. The van der Waals surface area contributed by atoms with Gasteiger partial charge in [-0.05, 0) is 36.2 Å². The highest BCUT2D eigenvalue weighted by molar-refractivity contribution is 8.00. The van der Waals surface area contributed by atoms with Crippen LogP contribution in [0, 0.1) is 0 Å². The first-order valence-corrected chi connectivity index (χ1v) is 10.3. The normalized spacial score (nSPS) is 16.8. The molecule has 2 aromatic rings. The van der Waals surface area contributed by atoms with E-state index in [0.29, 0.717) is 30.8 Å². The van der Waals surface area contributed by atoms with Crippen molar-refractivity contribution in [2.45, 2.75) is 17.8 Å². The van der Waals surface area contributed by atoms with Crippen molar-refractivity contribution in [1.82, 2.24) is 10.3 Å². The van der Waals surface area contributed by atoms with E-state index in [-0.39, 0.29) is 16.8 Å². The SMILES string of the molecule is NNC(=O)c1ccc(CC2CN(C(=O)Nc3ccccc3C(F)(F)F)CCS2)cc1. The molecule has 0 aromatic heterocycles. The summed E-state index contributed by atoms with van der Waals surface area (Å²) in [5, 5.41) is 2.49. The van der Waals surface area contributed by atoms with Crippen LogP contribution in [0.3, 0.4) is 0 Å². The van der Waals surface area contributed by atoms with Crippen LogP contribution < -0.4 is 16.6 Å². The molecule has 6 nitrogen and oxygen atoms in total. The molecule has 0 bridgehead atoms. The first-order valence-electron chi connectivity index (χ1n) is 9.21. The van der Waals surface area contributed by atoms with Gasteiger partial charge in [0.25, 0.3) is 5.91 Å². The molecule has 10 heteroatoms. The summed E-state index contributed by atoms with van der Waals surface area (Å²) < 4.78 is 39.4. The van der Waals surface area contributed by atoms with Crippen LogP contribution in [-0.4, -0.2) is 40.9 Å². The number of nitrogens with two attached hydrogens (primary N) is 1. The number of thioether (sulfide) groups is 1. The molecule has 30 heavy (non-hydrogen) atoms. The second kappa shape index (κ2) is 9.40. The van der Waals surface area contributed by atoms with E-state index in [4.69, 9.17) is 5.84 Å². The van der Waals surface area contributed by atoms with Gasteiger partial charge in [0, 0.05) is 29.7 Å². The second-order valence-corrected chi connectivity index (χ2v) is 8.20. The van der Waals surface area contributed by atoms with Gasteiger partial charge in [0.2, 0.25) is 0 Å². The highest BCUT2D eigenvalue weighted by Crippen LogP contribution is 2.34. The Balaban J connectivity index is 1.62. The van der Waals surface area contributed by atoms with Gasteiger partial charge in [-0.1, -0.05) is 24.3 Å². The fourth-order valence-corrected chi connectivity index (χ4v) is 4.45. The van der Waals surface area contributed by atoms with E-state index >= 15 is 0 Å². The van der Waals surface area contributed by atoms with Crippen molar-refractivity contribution in [2.24, 2.45) is 5.84 Å². The number of halogens is 3. The fourth-order valence-electron chi connectivity index (χ4n) is 3.20. The number of carbonyl (C=O) groups excluding carboxylic acids is 2. The van der Waals surface area contributed by atoms with E-state index in [1.54, 1.807) is 23.9 Å². The average Bonchev–Trinajstić information content (AvgIpc) is 2.73. The van der Waals surface area contributed by atoms with E-state index in [1.165, 1.54) is 23.1 Å². The summed E-state index contributed by atoms with van der Waals surface area (Å²) >= 11 is 1.71. The van der Waals surface area contributed by atoms with Gasteiger partial charge in [-0.25, -0.2) is 10.6 Å². The maximum absolute atomic E-state index is 13.1. The van der Waals surface area contributed by atoms with Gasteiger partial charge in [0.15, 0.2) is 0 Å².